The van der Waals surface area contributed by atoms with Gasteiger partial charge in [-0.2, -0.15) is 0 Å². The van der Waals surface area contributed by atoms with Crippen LogP contribution in [0, 0.1) is 0 Å². The average molecular weight is 409 g/mol. The summed E-state index contributed by atoms with van der Waals surface area (Å²) in [5.74, 6) is 0.150. The van der Waals surface area contributed by atoms with Gasteiger partial charge in [0.2, 0.25) is 0 Å². The first-order chi connectivity index (χ1) is 12.8. The smallest absolute Gasteiger partial charge is 0.255 e. The van der Waals surface area contributed by atoms with Crippen LogP contribution in [0.1, 0.15) is 34.6 Å². The Hall–Kier alpha value is -2.44. The molecule has 0 spiro atoms. The highest BCUT2D eigenvalue weighted by molar-refractivity contribution is 6.34. The monoisotopic (exact) mass is 408 g/mol. The molecule has 0 unspecified atom stereocenters. The number of anilines is 1. The molecule has 1 aliphatic heterocycles. The van der Waals surface area contributed by atoms with Crippen molar-refractivity contribution in [3.63, 3.8) is 0 Å². The van der Waals surface area contributed by atoms with E-state index in [9.17, 15) is 9.59 Å². The van der Waals surface area contributed by atoms with Crippen molar-refractivity contribution in [1.29, 1.82) is 0 Å². The van der Waals surface area contributed by atoms with Crippen LogP contribution >= 0.6 is 23.2 Å². The second-order valence-electron chi connectivity index (χ2n) is 6.26. The van der Waals surface area contributed by atoms with Gasteiger partial charge in [0.1, 0.15) is 13.2 Å². The quantitative estimate of drug-likeness (QED) is 0.796. The van der Waals surface area contributed by atoms with Crippen LogP contribution in [0.15, 0.2) is 30.3 Å². The molecular weight excluding hydrogens is 391 g/mol. The molecule has 0 radical (unpaired) electrons. The molecule has 2 aromatic rings. The zero-order chi connectivity index (χ0) is 19.6. The van der Waals surface area contributed by atoms with E-state index in [1.807, 2.05) is 13.8 Å². The molecule has 1 heterocycles. The minimum atomic E-state index is -0.433. The lowest BCUT2D eigenvalue weighted by Gasteiger charge is -2.20. The van der Waals surface area contributed by atoms with E-state index in [2.05, 4.69) is 10.6 Å². The lowest BCUT2D eigenvalue weighted by atomic mass is 10.1. The lowest BCUT2D eigenvalue weighted by Crippen LogP contribution is -2.30. The molecule has 0 aliphatic carbocycles. The number of fused-ring (bicyclic) bond motifs is 1. The molecule has 142 valence electrons. The number of carbonyl (C=O) groups excluding carboxylic acids is 2. The van der Waals surface area contributed by atoms with Crippen molar-refractivity contribution in [3.05, 3.63) is 51.5 Å². The Balaban J connectivity index is 1.84. The van der Waals surface area contributed by atoms with Crippen LogP contribution < -0.4 is 20.1 Å². The first-order valence-corrected chi connectivity index (χ1v) is 9.11. The van der Waals surface area contributed by atoms with Gasteiger partial charge >= 0.3 is 0 Å². The Labute approximate surface area is 166 Å². The van der Waals surface area contributed by atoms with Crippen molar-refractivity contribution in [2.24, 2.45) is 0 Å². The molecule has 27 heavy (non-hydrogen) atoms. The predicted molar refractivity (Wildman–Crippen MR) is 104 cm³/mol. The van der Waals surface area contributed by atoms with Gasteiger partial charge in [-0.15, -0.1) is 0 Å². The SMILES string of the molecule is CC(C)NC(=O)c1ccc(Cl)c(NC(=O)c2cc(Cl)c3c(c2)OCCO3)c1. The molecule has 6 nitrogen and oxygen atoms in total. The van der Waals surface area contributed by atoms with Crippen molar-refractivity contribution in [1.82, 2.24) is 5.32 Å². The highest BCUT2D eigenvalue weighted by Crippen LogP contribution is 2.38. The zero-order valence-corrected chi connectivity index (χ0v) is 16.3. The fraction of sp³-hybridized carbons (Fsp3) is 0.263. The summed E-state index contributed by atoms with van der Waals surface area (Å²) in [5.41, 5.74) is 1.00. The van der Waals surface area contributed by atoms with Crippen molar-refractivity contribution >= 4 is 40.7 Å². The van der Waals surface area contributed by atoms with E-state index in [0.29, 0.717) is 41.0 Å². The number of carbonyl (C=O) groups is 2. The summed E-state index contributed by atoms with van der Waals surface area (Å²) in [5, 5.41) is 6.09. The molecule has 0 saturated carbocycles. The van der Waals surface area contributed by atoms with E-state index < -0.39 is 5.91 Å². The number of amides is 2. The maximum Gasteiger partial charge on any atom is 0.255 e. The van der Waals surface area contributed by atoms with Gasteiger partial charge < -0.3 is 20.1 Å². The van der Waals surface area contributed by atoms with Gasteiger partial charge in [-0.1, -0.05) is 23.2 Å². The highest BCUT2D eigenvalue weighted by Gasteiger charge is 2.20. The third kappa shape index (κ3) is 4.46. The van der Waals surface area contributed by atoms with E-state index in [1.165, 1.54) is 12.1 Å². The van der Waals surface area contributed by atoms with E-state index in [4.69, 9.17) is 32.7 Å². The van der Waals surface area contributed by atoms with E-state index >= 15 is 0 Å². The Bertz CT molecular complexity index is 900. The van der Waals surface area contributed by atoms with Gasteiger partial charge in [0, 0.05) is 17.2 Å². The molecule has 2 N–H and O–H groups in total. The number of nitrogens with one attached hydrogen (secondary N) is 2. The van der Waals surface area contributed by atoms with Crippen molar-refractivity contribution in [2.75, 3.05) is 18.5 Å². The molecule has 2 aromatic carbocycles. The third-order valence-electron chi connectivity index (χ3n) is 3.76. The molecule has 2 amide bonds. The third-order valence-corrected chi connectivity index (χ3v) is 4.37. The van der Waals surface area contributed by atoms with E-state index in [0.717, 1.165) is 0 Å². The number of rotatable bonds is 4. The molecule has 0 bridgehead atoms. The molecule has 3 rings (SSSR count). The molecular formula is C19H18Cl2N2O4. The van der Waals surface area contributed by atoms with Crippen LogP contribution in [0.4, 0.5) is 5.69 Å². The van der Waals surface area contributed by atoms with Crippen LogP contribution in [0.5, 0.6) is 11.5 Å². The Morgan fingerprint density at radius 1 is 0.963 bits per heavy atom. The van der Waals surface area contributed by atoms with Crippen LogP contribution in [0.25, 0.3) is 0 Å². The van der Waals surface area contributed by atoms with Crippen molar-refractivity contribution in [2.45, 2.75) is 19.9 Å². The number of ether oxygens (including phenoxy) is 2. The molecule has 8 heteroatoms. The van der Waals surface area contributed by atoms with Crippen LogP contribution in [0.2, 0.25) is 10.0 Å². The van der Waals surface area contributed by atoms with Crippen LogP contribution in [-0.2, 0) is 0 Å². The molecule has 0 saturated heterocycles. The second-order valence-corrected chi connectivity index (χ2v) is 7.07. The summed E-state index contributed by atoms with van der Waals surface area (Å²) in [6.45, 7) is 4.51. The summed E-state index contributed by atoms with van der Waals surface area (Å²) in [6, 6.07) is 7.72. The molecule has 1 aliphatic rings. The lowest BCUT2D eigenvalue weighted by molar-refractivity contribution is 0.0941. The van der Waals surface area contributed by atoms with Crippen LogP contribution in [0.3, 0.4) is 0 Å². The molecule has 0 atom stereocenters. The summed E-state index contributed by atoms with van der Waals surface area (Å²) in [4.78, 5) is 24.8. The summed E-state index contributed by atoms with van der Waals surface area (Å²) >= 11 is 12.3. The second kappa shape index (κ2) is 8.06. The van der Waals surface area contributed by atoms with E-state index in [-0.39, 0.29) is 22.5 Å². The topological polar surface area (TPSA) is 76.7 Å². The summed E-state index contributed by atoms with van der Waals surface area (Å²) in [7, 11) is 0. The van der Waals surface area contributed by atoms with Gasteiger partial charge in [0.05, 0.1) is 15.7 Å². The van der Waals surface area contributed by atoms with Gasteiger partial charge in [-0.25, -0.2) is 0 Å². The summed E-state index contributed by atoms with van der Waals surface area (Å²) < 4.78 is 10.9. The van der Waals surface area contributed by atoms with Gasteiger partial charge in [-0.3, -0.25) is 9.59 Å². The molecule has 0 aromatic heterocycles. The fourth-order valence-electron chi connectivity index (χ4n) is 2.54. The Kier molecular flexibility index (Phi) is 5.77. The maximum absolute atomic E-state index is 12.6. The van der Waals surface area contributed by atoms with Crippen LogP contribution in [-0.4, -0.2) is 31.1 Å². The average Bonchev–Trinajstić information content (AvgIpc) is 2.62. The number of hydrogen-bond donors (Lipinski definition) is 2. The number of hydrogen-bond acceptors (Lipinski definition) is 4. The number of halogens is 2. The first-order valence-electron chi connectivity index (χ1n) is 8.36. The van der Waals surface area contributed by atoms with E-state index in [1.54, 1.807) is 18.2 Å². The summed E-state index contributed by atoms with van der Waals surface area (Å²) in [6.07, 6.45) is 0. The minimum absolute atomic E-state index is 0.00826. The first kappa shape index (κ1) is 19.3. The number of benzene rings is 2. The maximum atomic E-state index is 12.6. The van der Waals surface area contributed by atoms with Gasteiger partial charge in [0.25, 0.3) is 11.8 Å². The predicted octanol–water partition coefficient (Wildman–Crippen LogP) is 4.16. The van der Waals surface area contributed by atoms with Gasteiger partial charge in [0.15, 0.2) is 11.5 Å². The van der Waals surface area contributed by atoms with Crippen molar-refractivity contribution in [3.8, 4) is 11.5 Å². The largest absolute Gasteiger partial charge is 0.486 e. The Morgan fingerprint density at radius 3 is 2.44 bits per heavy atom. The molecule has 0 fully saturated rings. The van der Waals surface area contributed by atoms with Crippen molar-refractivity contribution < 1.29 is 19.1 Å². The minimum Gasteiger partial charge on any atom is -0.486 e. The van der Waals surface area contributed by atoms with Gasteiger partial charge in [-0.05, 0) is 44.2 Å². The normalized spacial score (nSPS) is 12.6. The fourth-order valence-corrected chi connectivity index (χ4v) is 2.97. The zero-order valence-electron chi connectivity index (χ0n) is 14.8. The highest BCUT2D eigenvalue weighted by atomic mass is 35.5. The Morgan fingerprint density at radius 2 is 1.70 bits per heavy atom. The standard InChI is InChI=1S/C19H18Cl2N2O4/c1-10(2)22-18(24)11-3-4-13(20)15(8-11)23-19(25)12-7-14(21)17-16(9-12)26-5-6-27-17/h3-4,7-10H,5-6H2,1-2H3,(H,22,24)(H,23,25).